The van der Waals surface area contributed by atoms with Gasteiger partial charge in [-0.15, -0.1) is 0 Å². The van der Waals surface area contributed by atoms with E-state index in [2.05, 4.69) is 17.1 Å². The van der Waals surface area contributed by atoms with Crippen molar-refractivity contribution < 1.29 is 35.9 Å². The number of carbonyl (C=O) groups excluding carboxylic acids is 1. The van der Waals surface area contributed by atoms with E-state index in [4.69, 9.17) is 4.74 Å². The fourth-order valence-electron chi connectivity index (χ4n) is 4.76. The van der Waals surface area contributed by atoms with Gasteiger partial charge in [0.05, 0.1) is 23.8 Å². The molecular formula is C21H26F6N2O2. The van der Waals surface area contributed by atoms with Crippen molar-refractivity contribution in [3.63, 3.8) is 0 Å². The molecule has 3 atom stereocenters. The lowest BCUT2D eigenvalue weighted by Crippen LogP contribution is -2.54. The molecule has 0 spiro atoms. The molecule has 1 saturated heterocycles. The van der Waals surface area contributed by atoms with Gasteiger partial charge < -0.3 is 10.1 Å². The third kappa shape index (κ3) is 5.10. The van der Waals surface area contributed by atoms with Gasteiger partial charge in [0.2, 0.25) is 0 Å². The summed E-state index contributed by atoms with van der Waals surface area (Å²) in [6.45, 7) is 2.94. The number of nitrogens with one attached hydrogen (secondary N) is 1. The maximum absolute atomic E-state index is 13.6. The molecule has 1 saturated carbocycles. The first-order valence-corrected chi connectivity index (χ1v) is 10.4. The van der Waals surface area contributed by atoms with Crippen LogP contribution in [-0.4, -0.2) is 42.6 Å². The van der Waals surface area contributed by atoms with Crippen LogP contribution in [0.4, 0.5) is 26.3 Å². The molecule has 0 radical (unpaired) electrons. The van der Waals surface area contributed by atoms with E-state index < -0.39 is 40.7 Å². The monoisotopic (exact) mass is 452 g/mol. The molecule has 3 rings (SSSR count). The van der Waals surface area contributed by atoms with E-state index in [-0.39, 0.29) is 18.2 Å². The van der Waals surface area contributed by atoms with Gasteiger partial charge in [-0.3, -0.25) is 9.69 Å². The number of ether oxygens (including phenoxy) is 1. The van der Waals surface area contributed by atoms with E-state index in [1.165, 1.54) is 0 Å². The van der Waals surface area contributed by atoms with E-state index in [9.17, 15) is 31.1 Å². The number of hydrogen-bond acceptors (Lipinski definition) is 3. The van der Waals surface area contributed by atoms with Crippen molar-refractivity contribution in [3.05, 3.63) is 28.8 Å². The van der Waals surface area contributed by atoms with Crippen LogP contribution in [0.5, 0.6) is 5.75 Å². The van der Waals surface area contributed by atoms with Gasteiger partial charge in [-0.2, -0.15) is 26.3 Å². The van der Waals surface area contributed by atoms with Gasteiger partial charge in [0.15, 0.2) is 0 Å². The number of hydrogen-bond donors (Lipinski definition) is 1. The zero-order chi connectivity index (χ0) is 23.0. The van der Waals surface area contributed by atoms with Gasteiger partial charge in [-0.25, -0.2) is 0 Å². The Bertz CT molecular complexity index is 808. The summed E-state index contributed by atoms with van der Waals surface area (Å²) >= 11 is 0. The van der Waals surface area contributed by atoms with Crippen LogP contribution in [-0.2, 0) is 12.4 Å². The average molecular weight is 452 g/mol. The molecule has 1 N–H and O–H groups in total. The van der Waals surface area contributed by atoms with Crippen molar-refractivity contribution in [2.75, 3.05) is 13.7 Å². The summed E-state index contributed by atoms with van der Waals surface area (Å²) in [6, 6.07) is 0.331. The third-order valence-corrected chi connectivity index (χ3v) is 6.26. The van der Waals surface area contributed by atoms with Crippen molar-refractivity contribution >= 4 is 5.91 Å². The Balaban J connectivity index is 1.96. The van der Waals surface area contributed by atoms with Gasteiger partial charge in [-0.1, -0.05) is 12.8 Å². The zero-order valence-electron chi connectivity index (χ0n) is 17.4. The first-order valence-electron chi connectivity index (χ1n) is 10.4. The minimum Gasteiger partial charge on any atom is -0.496 e. The smallest absolute Gasteiger partial charge is 0.417 e. The number of methoxy groups -OCH3 is 1. The fourth-order valence-corrected chi connectivity index (χ4v) is 4.76. The van der Waals surface area contributed by atoms with Crippen LogP contribution in [0.1, 0.15) is 66.9 Å². The number of nitrogens with zero attached hydrogens (tertiary/aromatic N) is 1. The Kier molecular flexibility index (Phi) is 6.78. The summed E-state index contributed by atoms with van der Waals surface area (Å²) in [5.74, 6) is -1.82. The molecule has 0 aromatic heterocycles. The molecule has 2 aliphatic rings. The van der Waals surface area contributed by atoms with Crippen molar-refractivity contribution in [2.45, 2.75) is 75.9 Å². The predicted molar refractivity (Wildman–Crippen MR) is 102 cm³/mol. The van der Waals surface area contributed by atoms with Crippen molar-refractivity contribution in [1.82, 2.24) is 10.2 Å². The summed E-state index contributed by atoms with van der Waals surface area (Å²) < 4.78 is 85.0. The molecule has 1 aromatic rings. The third-order valence-electron chi connectivity index (χ3n) is 6.26. The summed E-state index contributed by atoms with van der Waals surface area (Å²) in [6.07, 6.45) is -4.95. The molecule has 1 heterocycles. The average Bonchev–Trinajstić information content (AvgIpc) is 3.11. The quantitative estimate of drug-likeness (QED) is 0.634. The van der Waals surface area contributed by atoms with Crippen LogP contribution in [0.3, 0.4) is 0 Å². The highest BCUT2D eigenvalue weighted by atomic mass is 19.4. The normalized spacial score (nSPS) is 25.5. The maximum atomic E-state index is 13.6. The number of halogens is 6. The van der Waals surface area contributed by atoms with Crippen molar-refractivity contribution in [2.24, 2.45) is 0 Å². The van der Waals surface area contributed by atoms with Gasteiger partial charge in [0.1, 0.15) is 5.75 Å². The highest BCUT2D eigenvalue weighted by Crippen LogP contribution is 2.41. The molecule has 31 heavy (non-hydrogen) atoms. The second-order valence-electron chi connectivity index (χ2n) is 8.26. The molecule has 0 bridgehead atoms. The highest BCUT2D eigenvalue weighted by Gasteiger charge is 2.43. The first-order chi connectivity index (χ1) is 14.4. The van der Waals surface area contributed by atoms with Crippen molar-refractivity contribution in [1.29, 1.82) is 0 Å². The second kappa shape index (κ2) is 8.88. The van der Waals surface area contributed by atoms with Crippen LogP contribution in [0.15, 0.2) is 12.1 Å². The van der Waals surface area contributed by atoms with Crippen LogP contribution in [0, 0.1) is 0 Å². The molecule has 10 heteroatoms. The van der Waals surface area contributed by atoms with Crippen LogP contribution < -0.4 is 10.1 Å². The van der Waals surface area contributed by atoms with Crippen LogP contribution in [0.2, 0.25) is 0 Å². The lowest BCUT2D eigenvalue weighted by molar-refractivity contribution is -0.143. The summed E-state index contributed by atoms with van der Waals surface area (Å²) in [7, 11) is 0.946. The zero-order valence-corrected chi connectivity index (χ0v) is 17.4. The number of carbonyl (C=O) groups is 1. The number of likely N-dealkylation sites (tertiary alicyclic amines) is 1. The number of benzene rings is 1. The molecule has 1 aliphatic carbocycles. The molecular weight excluding hydrogens is 426 g/mol. The van der Waals surface area contributed by atoms with Gasteiger partial charge in [0.25, 0.3) is 5.91 Å². The van der Waals surface area contributed by atoms with Gasteiger partial charge >= 0.3 is 12.4 Å². The van der Waals surface area contributed by atoms with E-state index in [0.717, 1.165) is 45.8 Å². The number of alkyl halides is 6. The minimum atomic E-state index is -5.16. The standard InChI is InChI=1S/C21H26F6N2O2/c1-12-6-5-9-29(12)16-8-4-3-7-15(16)28-19(30)18-14(21(25,26)27)10-13(20(22,23)24)11-17(18)31-2/h10-12,15-16H,3-9H2,1-2H3,(H,28,30)/t12?,15-,16+/m1/s1. The summed E-state index contributed by atoms with van der Waals surface area (Å²) in [5.41, 5.74) is -4.09. The molecule has 4 nitrogen and oxygen atoms in total. The van der Waals surface area contributed by atoms with E-state index in [1.807, 2.05) is 0 Å². The lowest BCUT2D eigenvalue weighted by Gasteiger charge is -2.40. The second-order valence-corrected chi connectivity index (χ2v) is 8.26. The first kappa shape index (κ1) is 23.7. The lowest BCUT2D eigenvalue weighted by atomic mass is 9.88. The predicted octanol–water partition coefficient (Wildman–Crippen LogP) is 5.26. The molecule has 174 valence electrons. The van der Waals surface area contributed by atoms with Gasteiger partial charge in [-0.05, 0) is 51.3 Å². The van der Waals surface area contributed by atoms with Crippen molar-refractivity contribution in [3.8, 4) is 5.75 Å². The number of rotatable bonds is 4. The maximum Gasteiger partial charge on any atom is 0.417 e. The Labute approximate surface area is 176 Å². The number of amides is 1. The Morgan fingerprint density at radius 3 is 2.26 bits per heavy atom. The van der Waals surface area contributed by atoms with Crippen LogP contribution >= 0.6 is 0 Å². The van der Waals surface area contributed by atoms with E-state index in [0.29, 0.717) is 18.5 Å². The highest BCUT2D eigenvalue weighted by molar-refractivity contribution is 5.99. The topological polar surface area (TPSA) is 41.6 Å². The molecule has 2 fully saturated rings. The van der Waals surface area contributed by atoms with Gasteiger partial charge in [0, 0.05) is 18.1 Å². The Hall–Kier alpha value is -1.97. The van der Waals surface area contributed by atoms with Crippen LogP contribution in [0.25, 0.3) is 0 Å². The largest absolute Gasteiger partial charge is 0.496 e. The molecule has 1 aromatic carbocycles. The fraction of sp³-hybridized carbons (Fsp3) is 0.667. The minimum absolute atomic E-state index is 0.00928. The summed E-state index contributed by atoms with van der Waals surface area (Å²) in [5, 5.41) is 2.69. The Morgan fingerprint density at radius 2 is 1.71 bits per heavy atom. The SMILES string of the molecule is COc1cc(C(F)(F)F)cc(C(F)(F)F)c1C(=O)N[C@@H]1CCCC[C@@H]1N1CCCC1C. The van der Waals surface area contributed by atoms with E-state index in [1.54, 1.807) is 0 Å². The Morgan fingerprint density at radius 1 is 1.03 bits per heavy atom. The molecule has 1 unspecified atom stereocenters. The molecule has 1 amide bonds. The summed E-state index contributed by atoms with van der Waals surface area (Å²) in [4.78, 5) is 15.2. The molecule has 1 aliphatic heterocycles. The van der Waals surface area contributed by atoms with E-state index >= 15 is 0 Å².